The summed E-state index contributed by atoms with van der Waals surface area (Å²) in [5, 5.41) is 8.86. The molecule has 1 heterocycles. The Morgan fingerprint density at radius 2 is 2.06 bits per heavy atom. The summed E-state index contributed by atoms with van der Waals surface area (Å²) in [4.78, 5) is 32.9. The molecule has 0 spiro atoms. The van der Waals surface area contributed by atoms with Gasteiger partial charge in [0.1, 0.15) is 12.2 Å². The Balaban J connectivity index is 3.10. The minimum Gasteiger partial charge on any atom is -0.477 e. The van der Waals surface area contributed by atoms with Gasteiger partial charge in [0.2, 0.25) is 0 Å². The second-order valence-corrected chi connectivity index (χ2v) is 3.18. The molecule has 6 nitrogen and oxygen atoms in total. The van der Waals surface area contributed by atoms with E-state index in [4.69, 9.17) is 5.11 Å². The van der Waals surface area contributed by atoms with Gasteiger partial charge >= 0.3 is 11.9 Å². The van der Waals surface area contributed by atoms with E-state index in [1.165, 1.54) is 30.9 Å². The summed E-state index contributed by atoms with van der Waals surface area (Å²) < 4.78 is 5.59. The van der Waals surface area contributed by atoms with Gasteiger partial charge < -0.3 is 14.4 Å². The predicted molar refractivity (Wildman–Crippen MR) is 53.4 cm³/mol. The maximum absolute atomic E-state index is 11.1. The van der Waals surface area contributed by atoms with E-state index in [0.717, 1.165) is 0 Å². The number of rotatable bonds is 4. The molecule has 0 radical (unpaired) electrons. The number of carbonyl (C=O) groups is 3. The minimum atomic E-state index is -1.20. The van der Waals surface area contributed by atoms with Crippen LogP contribution in [0.3, 0.4) is 0 Å². The first-order chi connectivity index (χ1) is 7.45. The van der Waals surface area contributed by atoms with E-state index in [0.29, 0.717) is 0 Å². The fraction of sp³-hybridized carbons (Fsp3) is 0.300. The summed E-state index contributed by atoms with van der Waals surface area (Å²) in [6, 6.07) is 1.23. The fourth-order valence-corrected chi connectivity index (χ4v) is 1.22. The molecule has 0 amide bonds. The van der Waals surface area contributed by atoms with Gasteiger partial charge in [0, 0.05) is 11.8 Å². The van der Waals surface area contributed by atoms with Crippen LogP contribution >= 0.6 is 0 Å². The van der Waals surface area contributed by atoms with E-state index < -0.39 is 11.9 Å². The van der Waals surface area contributed by atoms with Crippen molar-refractivity contribution >= 4 is 17.7 Å². The van der Waals surface area contributed by atoms with Crippen LogP contribution in [0.15, 0.2) is 12.3 Å². The number of nitrogens with zero attached hydrogens (tertiary/aromatic N) is 1. The number of carboxylic acid groups (broad SMARTS) is 1. The average molecular weight is 225 g/mol. The van der Waals surface area contributed by atoms with Gasteiger partial charge in [0.05, 0.1) is 7.11 Å². The molecule has 0 aliphatic heterocycles. The number of carbonyl (C=O) groups excluding carboxylic acids is 2. The van der Waals surface area contributed by atoms with Gasteiger partial charge in [-0.25, -0.2) is 4.79 Å². The van der Waals surface area contributed by atoms with Crippen LogP contribution in [0, 0.1) is 0 Å². The molecule has 1 rings (SSSR count). The molecule has 16 heavy (non-hydrogen) atoms. The number of methoxy groups -OCH3 is 1. The van der Waals surface area contributed by atoms with E-state index >= 15 is 0 Å². The number of ether oxygens (including phenoxy) is 1. The van der Waals surface area contributed by atoms with Gasteiger partial charge in [-0.05, 0) is 13.0 Å². The predicted octanol–water partition coefficient (Wildman–Crippen LogP) is 0.562. The number of hydrogen-bond acceptors (Lipinski definition) is 4. The molecule has 0 aliphatic carbocycles. The summed E-state index contributed by atoms with van der Waals surface area (Å²) in [6.45, 7) is 1.09. The van der Waals surface area contributed by atoms with Crippen molar-refractivity contribution in [2.75, 3.05) is 7.11 Å². The van der Waals surface area contributed by atoms with Crippen LogP contribution in [0.4, 0.5) is 0 Å². The van der Waals surface area contributed by atoms with Gasteiger partial charge in [-0.1, -0.05) is 0 Å². The van der Waals surface area contributed by atoms with Gasteiger partial charge in [-0.3, -0.25) is 9.59 Å². The summed E-state index contributed by atoms with van der Waals surface area (Å²) in [6.07, 6.45) is 1.32. The van der Waals surface area contributed by atoms with E-state index in [9.17, 15) is 14.4 Å². The molecule has 1 aromatic rings. The maximum Gasteiger partial charge on any atom is 0.352 e. The lowest BCUT2D eigenvalue weighted by atomic mass is 10.2. The lowest BCUT2D eigenvalue weighted by molar-refractivity contribution is -0.141. The quantitative estimate of drug-likeness (QED) is 0.597. The lowest BCUT2D eigenvalue weighted by Crippen LogP contribution is -2.15. The van der Waals surface area contributed by atoms with Crippen molar-refractivity contribution in [2.24, 2.45) is 0 Å². The van der Waals surface area contributed by atoms with Crippen molar-refractivity contribution in [1.82, 2.24) is 4.57 Å². The molecule has 1 N–H and O–H groups in total. The highest BCUT2D eigenvalue weighted by molar-refractivity contribution is 5.97. The third-order valence-electron chi connectivity index (χ3n) is 2.05. The van der Waals surface area contributed by atoms with E-state index in [1.807, 2.05) is 0 Å². The monoisotopic (exact) mass is 225 g/mol. The molecule has 0 bridgehead atoms. The lowest BCUT2D eigenvalue weighted by Gasteiger charge is -2.03. The molecule has 0 unspecified atom stereocenters. The zero-order valence-corrected chi connectivity index (χ0v) is 8.89. The third kappa shape index (κ3) is 2.47. The third-order valence-corrected chi connectivity index (χ3v) is 2.05. The minimum absolute atomic E-state index is 0.115. The van der Waals surface area contributed by atoms with Crippen molar-refractivity contribution in [3.63, 3.8) is 0 Å². The molecular weight excluding hydrogens is 214 g/mol. The first-order valence-electron chi connectivity index (χ1n) is 4.47. The molecule has 86 valence electrons. The first kappa shape index (κ1) is 12.0. The first-order valence-corrected chi connectivity index (χ1v) is 4.47. The topological polar surface area (TPSA) is 85.6 Å². The number of hydrogen-bond donors (Lipinski definition) is 1. The molecule has 0 atom stereocenters. The van der Waals surface area contributed by atoms with Crippen LogP contribution in [-0.2, 0) is 16.1 Å². The van der Waals surface area contributed by atoms with Gasteiger partial charge in [0.15, 0.2) is 5.78 Å². The van der Waals surface area contributed by atoms with E-state index in [-0.39, 0.29) is 23.6 Å². The van der Waals surface area contributed by atoms with Gasteiger partial charge in [0.25, 0.3) is 0 Å². The molecule has 6 heteroatoms. The van der Waals surface area contributed by atoms with Crippen LogP contribution in [0.2, 0.25) is 0 Å². The van der Waals surface area contributed by atoms with E-state index in [2.05, 4.69) is 4.74 Å². The number of ketones is 1. The Morgan fingerprint density at radius 1 is 1.44 bits per heavy atom. The Labute approximate surface area is 91.4 Å². The largest absolute Gasteiger partial charge is 0.477 e. The molecule has 0 aromatic carbocycles. The summed E-state index contributed by atoms with van der Waals surface area (Å²) in [5.74, 6) is -2.03. The van der Waals surface area contributed by atoms with Gasteiger partial charge in [-0.2, -0.15) is 0 Å². The Morgan fingerprint density at radius 3 is 2.50 bits per heavy atom. The second-order valence-electron chi connectivity index (χ2n) is 3.18. The van der Waals surface area contributed by atoms with Crippen LogP contribution in [0.25, 0.3) is 0 Å². The Bertz CT molecular complexity index is 446. The van der Waals surface area contributed by atoms with Crippen molar-refractivity contribution in [3.8, 4) is 0 Å². The fourth-order valence-electron chi connectivity index (χ4n) is 1.22. The summed E-state index contributed by atoms with van der Waals surface area (Å²) in [7, 11) is 1.21. The molecule has 0 aliphatic rings. The van der Waals surface area contributed by atoms with E-state index in [1.54, 1.807) is 0 Å². The summed E-state index contributed by atoms with van der Waals surface area (Å²) >= 11 is 0. The second kappa shape index (κ2) is 4.61. The number of aromatic nitrogens is 1. The van der Waals surface area contributed by atoms with Crippen molar-refractivity contribution in [1.29, 1.82) is 0 Å². The SMILES string of the molecule is COC(=O)Cn1cc(C(C)=O)cc1C(=O)O. The van der Waals surface area contributed by atoms with Crippen molar-refractivity contribution < 1.29 is 24.2 Å². The smallest absolute Gasteiger partial charge is 0.352 e. The number of carboxylic acids is 1. The molecular formula is C10H11NO5. The van der Waals surface area contributed by atoms with Crippen molar-refractivity contribution in [3.05, 3.63) is 23.5 Å². The number of aromatic carboxylic acids is 1. The standard InChI is InChI=1S/C10H11NO5/c1-6(12)7-3-8(10(14)15)11(4-7)5-9(13)16-2/h3-4H,5H2,1-2H3,(H,14,15). The number of esters is 1. The maximum atomic E-state index is 11.1. The molecule has 0 saturated carbocycles. The highest BCUT2D eigenvalue weighted by Gasteiger charge is 2.16. The Kier molecular flexibility index (Phi) is 3.44. The highest BCUT2D eigenvalue weighted by Crippen LogP contribution is 2.10. The highest BCUT2D eigenvalue weighted by atomic mass is 16.5. The van der Waals surface area contributed by atoms with Gasteiger partial charge in [-0.15, -0.1) is 0 Å². The summed E-state index contributed by atoms with van der Waals surface area (Å²) in [5.41, 5.74) is 0.136. The average Bonchev–Trinajstić information content (AvgIpc) is 2.61. The van der Waals surface area contributed by atoms with Crippen LogP contribution in [-0.4, -0.2) is 34.5 Å². The zero-order chi connectivity index (χ0) is 12.3. The van der Waals surface area contributed by atoms with Crippen LogP contribution < -0.4 is 0 Å². The molecule has 0 fully saturated rings. The zero-order valence-electron chi connectivity index (χ0n) is 8.89. The van der Waals surface area contributed by atoms with Crippen LogP contribution in [0.1, 0.15) is 27.8 Å². The Hall–Kier alpha value is -2.11. The van der Waals surface area contributed by atoms with Crippen LogP contribution in [0.5, 0.6) is 0 Å². The number of Topliss-reactive ketones (excluding diaryl/α,β-unsaturated/α-hetero) is 1. The molecule has 0 saturated heterocycles. The van der Waals surface area contributed by atoms with Crippen molar-refractivity contribution in [2.45, 2.75) is 13.5 Å². The normalized spacial score (nSPS) is 9.88. The molecule has 1 aromatic heterocycles.